The van der Waals surface area contributed by atoms with Gasteiger partial charge in [0.25, 0.3) is 0 Å². The fraction of sp³-hybridized carbons (Fsp3) is 0. The van der Waals surface area contributed by atoms with Gasteiger partial charge in [0.15, 0.2) is 0 Å². The lowest BCUT2D eigenvalue weighted by molar-refractivity contribution is 1.49. The fourth-order valence-corrected chi connectivity index (χ4v) is 7.85. The van der Waals surface area contributed by atoms with Crippen molar-refractivity contribution in [2.75, 3.05) is 0 Å². The van der Waals surface area contributed by atoms with Crippen LogP contribution in [-0.4, -0.2) is 8.75 Å². The summed E-state index contributed by atoms with van der Waals surface area (Å²) in [7, 11) is 0. The number of nitrogens with zero attached hydrogens (tertiary/aromatic N) is 6. The van der Waals surface area contributed by atoms with Crippen LogP contribution in [0.25, 0.3) is 52.8 Å². The first-order chi connectivity index (χ1) is 18.8. The van der Waals surface area contributed by atoms with Crippen LogP contribution in [0.15, 0.2) is 81.5 Å². The van der Waals surface area contributed by atoms with E-state index in [2.05, 4.69) is 24.3 Å². The number of fused-ring (bicyclic) bond motifs is 2. The SMILES string of the molecule is N#Cc1ccccc1-c1ccc(-c2c3c(c(-c4ccc(-c5ccccc5C#N)s4)c4nsnc24)N=S=N3)s1. The van der Waals surface area contributed by atoms with Crippen molar-refractivity contribution in [1.82, 2.24) is 8.75 Å². The second kappa shape index (κ2) is 9.21. The average Bonchev–Trinajstić information content (AvgIpc) is 3.78. The minimum Gasteiger partial charge on any atom is -0.192 e. The molecule has 0 N–H and O–H groups in total. The maximum Gasteiger partial charge on any atom is 0.116 e. The normalized spacial score (nSPS) is 11.7. The molecule has 0 saturated carbocycles. The molecule has 0 aliphatic carbocycles. The molecule has 38 heavy (non-hydrogen) atoms. The van der Waals surface area contributed by atoms with E-state index < -0.39 is 0 Å². The summed E-state index contributed by atoms with van der Waals surface area (Å²) in [4.78, 5) is 4.02. The molecule has 3 aromatic heterocycles. The van der Waals surface area contributed by atoms with Gasteiger partial charge in [-0.15, -0.1) is 22.7 Å². The highest BCUT2D eigenvalue weighted by atomic mass is 32.1. The molecule has 6 aromatic rings. The lowest BCUT2D eigenvalue weighted by Crippen LogP contribution is -1.85. The van der Waals surface area contributed by atoms with Crippen molar-refractivity contribution in [3.05, 3.63) is 83.9 Å². The summed E-state index contributed by atoms with van der Waals surface area (Å²) in [6.45, 7) is 0. The van der Waals surface area contributed by atoms with Crippen LogP contribution in [0.5, 0.6) is 0 Å². The third-order valence-corrected chi connectivity index (χ3v) is 9.58. The van der Waals surface area contributed by atoms with Gasteiger partial charge in [-0.05, 0) is 36.4 Å². The van der Waals surface area contributed by atoms with E-state index in [-0.39, 0.29) is 0 Å². The Morgan fingerprint density at radius 1 is 0.553 bits per heavy atom. The van der Waals surface area contributed by atoms with Gasteiger partial charge in [-0.3, -0.25) is 0 Å². The third-order valence-electron chi connectivity index (χ3n) is 6.26. The van der Waals surface area contributed by atoms with E-state index in [1.807, 2.05) is 60.7 Å². The Hall–Kier alpha value is -4.32. The smallest absolute Gasteiger partial charge is 0.116 e. The first kappa shape index (κ1) is 22.8. The van der Waals surface area contributed by atoms with Gasteiger partial charge in [-0.25, -0.2) is 0 Å². The van der Waals surface area contributed by atoms with Crippen molar-refractivity contribution in [2.45, 2.75) is 0 Å². The van der Waals surface area contributed by atoms with Crippen molar-refractivity contribution in [3.63, 3.8) is 0 Å². The first-order valence-electron chi connectivity index (χ1n) is 11.4. The predicted octanol–water partition coefficient (Wildman–Crippen LogP) is 8.95. The molecule has 7 rings (SSSR count). The summed E-state index contributed by atoms with van der Waals surface area (Å²) in [5, 5.41) is 19.2. The van der Waals surface area contributed by atoms with E-state index in [1.165, 1.54) is 23.1 Å². The minimum atomic E-state index is 0.642. The molecule has 4 heterocycles. The second-order valence-electron chi connectivity index (χ2n) is 8.32. The molecule has 3 aromatic carbocycles. The molecule has 0 atom stereocenters. The molecule has 0 saturated heterocycles. The van der Waals surface area contributed by atoms with E-state index in [9.17, 15) is 10.5 Å². The van der Waals surface area contributed by atoms with Gasteiger partial charge in [0.05, 0.1) is 46.3 Å². The highest BCUT2D eigenvalue weighted by molar-refractivity contribution is 7.58. The van der Waals surface area contributed by atoms with Crippen molar-refractivity contribution in [2.24, 2.45) is 8.73 Å². The summed E-state index contributed by atoms with van der Waals surface area (Å²) in [6.07, 6.45) is 0. The van der Waals surface area contributed by atoms with Crippen molar-refractivity contribution < 1.29 is 0 Å². The van der Waals surface area contributed by atoms with Crippen LogP contribution in [0.1, 0.15) is 11.1 Å². The first-order valence-corrected chi connectivity index (χ1v) is 14.5. The fourth-order valence-electron chi connectivity index (χ4n) is 4.55. The minimum absolute atomic E-state index is 0.642. The zero-order chi connectivity index (χ0) is 25.6. The van der Waals surface area contributed by atoms with Gasteiger partial charge in [0.1, 0.15) is 22.4 Å². The number of aromatic nitrogens is 2. The summed E-state index contributed by atoms with van der Waals surface area (Å²) in [6, 6.07) is 28.0. The van der Waals surface area contributed by atoms with Crippen LogP contribution in [-0.2, 0) is 11.4 Å². The number of hydrogen-bond acceptors (Lipinski definition) is 9. The van der Waals surface area contributed by atoms with Crippen LogP contribution >= 0.6 is 34.4 Å². The molecule has 1 aliphatic rings. The topological polar surface area (TPSA) is 98.1 Å². The molecule has 0 amide bonds. The molecular weight excluding hydrogens is 549 g/mol. The average molecular weight is 561 g/mol. The molecule has 0 unspecified atom stereocenters. The second-order valence-corrected chi connectivity index (χ2v) is 11.5. The standard InChI is InChI=1S/C28H12N6S4/c29-13-15-5-1-3-7-17(15)19-9-11-21(35-19)23-25-27(33-37-31-25)24(28-26(23)32-38-34-28)22-12-10-20(36-22)18-8-4-2-6-16(18)14-30/h1-12H. The Labute approximate surface area is 232 Å². The largest absolute Gasteiger partial charge is 0.192 e. The highest BCUT2D eigenvalue weighted by Crippen LogP contribution is 2.54. The van der Waals surface area contributed by atoms with Crippen LogP contribution < -0.4 is 0 Å². The van der Waals surface area contributed by atoms with Gasteiger partial charge >= 0.3 is 0 Å². The zero-order valence-corrected chi connectivity index (χ0v) is 22.5. The number of hydrogen-bond donors (Lipinski definition) is 0. The summed E-state index contributed by atoms with van der Waals surface area (Å²) >= 11 is 5.56. The monoisotopic (exact) mass is 560 g/mol. The van der Waals surface area contributed by atoms with Crippen LogP contribution in [0, 0.1) is 22.7 Å². The molecule has 0 radical (unpaired) electrons. The summed E-state index contributed by atoms with van der Waals surface area (Å²) in [5.74, 6) is 0. The number of thiophene rings is 2. The maximum atomic E-state index is 9.58. The van der Waals surface area contributed by atoms with E-state index in [0.29, 0.717) is 11.1 Å². The van der Waals surface area contributed by atoms with Crippen LogP contribution in [0.2, 0.25) is 0 Å². The van der Waals surface area contributed by atoms with Crippen LogP contribution in [0.4, 0.5) is 11.4 Å². The molecular formula is C28H12N6S4. The quantitative estimate of drug-likeness (QED) is 0.214. The number of benzene rings is 3. The summed E-state index contributed by atoms with van der Waals surface area (Å²) < 4.78 is 18.8. The Morgan fingerprint density at radius 3 is 1.47 bits per heavy atom. The van der Waals surface area contributed by atoms with Crippen molar-refractivity contribution in [1.29, 1.82) is 10.5 Å². The Bertz CT molecular complexity index is 1920. The molecule has 0 bridgehead atoms. The third kappa shape index (κ3) is 3.55. The van der Waals surface area contributed by atoms with Gasteiger partial charge < -0.3 is 0 Å². The van der Waals surface area contributed by atoms with Gasteiger partial charge in [0, 0.05) is 41.8 Å². The van der Waals surface area contributed by atoms with Gasteiger partial charge in [-0.1, -0.05) is 36.4 Å². The Balaban J connectivity index is 1.40. The van der Waals surface area contributed by atoms with Gasteiger partial charge in [-0.2, -0.15) is 28.0 Å². The molecule has 6 nitrogen and oxygen atoms in total. The number of rotatable bonds is 4. The molecule has 10 heteroatoms. The molecule has 0 spiro atoms. The van der Waals surface area contributed by atoms with Crippen molar-refractivity contribution >= 4 is 68.2 Å². The maximum absolute atomic E-state index is 9.58. The lowest BCUT2D eigenvalue weighted by Gasteiger charge is -2.09. The van der Waals surface area contributed by atoms with E-state index in [4.69, 9.17) is 17.5 Å². The van der Waals surface area contributed by atoms with E-state index in [1.54, 1.807) is 22.7 Å². The Morgan fingerprint density at radius 2 is 1.00 bits per heavy atom. The Kier molecular flexibility index (Phi) is 5.54. The van der Waals surface area contributed by atoms with Crippen LogP contribution in [0.3, 0.4) is 0 Å². The number of nitriles is 2. The van der Waals surface area contributed by atoms with Gasteiger partial charge in [0.2, 0.25) is 0 Å². The van der Waals surface area contributed by atoms with E-state index >= 15 is 0 Å². The zero-order valence-electron chi connectivity index (χ0n) is 19.2. The predicted molar refractivity (Wildman–Crippen MR) is 156 cm³/mol. The van der Waals surface area contributed by atoms with Crippen molar-refractivity contribution in [3.8, 4) is 53.9 Å². The molecule has 1 aliphatic heterocycles. The summed E-state index contributed by atoms with van der Waals surface area (Å²) in [5.41, 5.74) is 8.10. The van der Waals surface area contributed by atoms with E-state index in [0.717, 1.165) is 64.2 Å². The molecule has 0 fully saturated rings. The molecule has 178 valence electrons. The lowest BCUT2D eigenvalue weighted by atomic mass is 10.0. The highest BCUT2D eigenvalue weighted by Gasteiger charge is 2.28.